The highest BCUT2D eigenvalue weighted by atomic mass is 35.5. The molecule has 7 rings (SSSR count). The van der Waals surface area contributed by atoms with Crippen molar-refractivity contribution in [2.75, 3.05) is 31.6 Å². The monoisotopic (exact) mass is 591 g/mol. The number of carboxylic acid groups (broad SMARTS) is 1. The predicted molar refractivity (Wildman–Crippen MR) is 156 cm³/mol. The van der Waals surface area contributed by atoms with E-state index < -0.39 is 5.97 Å². The number of hydrogen-bond acceptors (Lipinski definition) is 7. The minimum Gasteiger partial charge on any atom is -0.489 e. The maximum absolute atomic E-state index is 14.6. The number of nitrogens with one attached hydrogen (secondary N) is 1. The number of ether oxygens (including phenoxy) is 2. The van der Waals surface area contributed by atoms with Crippen molar-refractivity contribution in [2.24, 2.45) is 0 Å². The summed E-state index contributed by atoms with van der Waals surface area (Å²) in [6, 6.07) is 13.8. The van der Waals surface area contributed by atoms with Crippen LogP contribution in [0, 0.1) is 5.82 Å². The van der Waals surface area contributed by atoms with Crippen LogP contribution in [0.25, 0.3) is 11.2 Å². The highest BCUT2D eigenvalue weighted by Gasteiger charge is 2.30. The SMILES string of the molecule is O=C(O)c1ccc2nc(CN3CCC(c4cccc5c4OCC(c4ccc(Cl)cc4F)N5)CC3)n(C[C@@H]3CCO3)c2n1. The van der Waals surface area contributed by atoms with Gasteiger partial charge < -0.3 is 24.5 Å². The molecule has 218 valence electrons. The maximum atomic E-state index is 14.6. The summed E-state index contributed by atoms with van der Waals surface area (Å²) in [4.78, 5) is 23.2. The Morgan fingerprint density at radius 1 is 1.10 bits per heavy atom. The largest absolute Gasteiger partial charge is 0.489 e. The molecule has 3 aliphatic heterocycles. The number of anilines is 1. The molecule has 0 bridgehead atoms. The van der Waals surface area contributed by atoms with Gasteiger partial charge in [0.1, 0.15) is 29.5 Å². The summed E-state index contributed by atoms with van der Waals surface area (Å²) in [6.07, 6.45) is 2.98. The molecule has 1 unspecified atom stereocenters. The number of halogens is 2. The number of carbonyl (C=O) groups is 1. The van der Waals surface area contributed by atoms with Crippen molar-refractivity contribution in [1.82, 2.24) is 19.4 Å². The molecule has 2 fully saturated rings. The van der Waals surface area contributed by atoms with Crippen LogP contribution in [0.1, 0.15) is 58.7 Å². The van der Waals surface area contributed by atoms with Gasteiger partial charge in [0.15, 0.2) is 11.3 Å². The average molecular weight is 592 g/mol. The number of hydrogen-bond donors (Lipinski definition) is 2. The first kappa shape index (κ1) is 27.1. The molecule has 0 aliphatic carbocycles. The molecular weight excluding hydrogens is 561 g/mol. The molecule has 0 amide bonds. The molecule has 2 N–H and O–H groups in total. The van der Waals surface area contributed by atoms with Gasteiger partial charge in [-0.15, -0.1) is 0 Å². The van der Waals surface area contributed by atoms with E-state index in [0.717, 1.165) is 56.2 Å². The topological polar surface area (TPSA) is 102 Å². The van der Waals surface area contributed by atoms with Crippen LogP contribution in [-0.2, 0) is 17.8 Å². The highest BCUT2D eigenvalue weighted by molar-refractivity contribution is 6.30. The first-order valence-corrected chi connectivity index (χ1v) is 14.7. The lowest BCUT2D eigenvalue weighted by molar-refractivity contribution is -0.0593. The fourth-order valence-corrected chi connectivity index (χ4v) is 6.37. The number of aromatic nitrogens is 3. The Hall–Kier alpha value is -3.73. The zero-order valence-electron chi connectivity index (χ0n) is 22.9. The van der Waals surface area contributed by atoms with Gasteiger partial charge in [-0.2, -0.15) is 0 Å². The summed E-state index contributed by atoms with van der Waals surface area (Å²) in [5.74, 6) is 0.664. The fraction of sp³-hybridized carbons (Fsp3) is 0.387. The van der Waals surface area contributed by atoms with Crippen LogP contribution in [-0.4, -0.2) is 62.9 Å². The molecule has 4 aromatic rings. The number of aromatic carboxylic acids is 1. The molecule has 0 radical (unpaired) electrons. The van der Waals surface area contributed by atoms with Gasteiger partial charge in [-0.25, -0.2) is 19.2 Å². The first-order chi connectivity index (χ1) is 20.4. The van der Waals surface area contributed by atoms with E-state index >= 15 is 0 Å². The summed E-state index contributed by atoms with van der Waals surface area (Å²) in [6.45, 7) is 4.11. The standard InChI is InChI=1S/C31H31ClFN5O4/c32-19-4-5-22(23(33)14-19)27-17-42-29-21(2-1-3-24(29)34-27)18-8-11-37(12-9-18)16-28-35-25-6-7-26(31(39)40)36-30(25)38(28)15-20-10-13-41-20/h1-7,14,18,20,27,34H,8-13,15-17H2,(H,39,40)/t20-,27?/m0/s1. The molecule has 3 aliphatic rings. The number of nitrogens with zero attached hydrogens (tertiary/aromatic N) is 4. The lowest BCUT2D eigenvalue weighted by Crippen LogP contribution is -2.35. The number of imidazole rings is 1. The normalized spacial score (nSPS) is 20.9. The van der Waals surface area contributed by atoms with E-state index in [1.165, 1.54) is 17.7 Å². The first-order valence-electron chi connectivity index (χ1n) is 14.3. The Bertz CT molecular complexity index is 1650. The maximum Gasteiger partial charge on any atom is 0.354 e. The Morgan fingerprint density at radius 2 is 1.93 bits per heavy atom. The van der Waals surface area contributed by atoms with Gasteiger partial charge in [0.2, 0.25) is 0 Å². The van der Waals surface area contributed by atoms with Crippen molar-refractivity contribution in [1.29, 1.82) is 0 Å². The van der Waals surface area contributed by atoms with Gasteiger partial charge >= 0.3 is 5.97 Å². The van der Waals surface area contributed by atoms with E-state index in [-0.39, 0.29) is 23.7 Å². The van der Waals surface area contributed by atoms with Crippen LogP contribution in [0.5, 0.6) is 5.75 Å². The molecular formula is C31H31ClFN5O4. The molecule has 2 atom stereocenters. The molecule has 11 heteroatoms. The van der Waals surface area contributed by atoms with Gasteiger partial charge in [-0.05, 0) is 74.2 Å². The number of carboxylic acids is 1. The lowest BCUT2D eigenvalue weighted by atomic mass is 9.88. The van der Waals surface area contributed by atoms with Crippen molar-refractivity contribution in [3.63, 3.8) is 0 Å². The van der Waals surface area contributed by atoms with E-state index in [1.807, 2.05) is 16.7 Å². The van der Waals surface area contributed by atoms with E-state index in [4.69, 9.17) is 26.1 Å². The van der Waals surface area contributed by atoms with Crippen LogP contribution >= 0.6 is 11.6 Å². The van der Waals surface area contributed by atoms with Crippen LogP contribution in [0.4, 0.5) is 10.1 Å². The molecule has 2 aromatic heterocycles. The summed E-state index contributed by atoms with van der Waals surface area (Å²) in [5, 5.41) is 13.3. The number of benzene rings is 2. The third-order valence-electron chi connectivity index (χ3n) is 8.57. The third-order valence-corrected chi connectivity index (χ3v) is 8.80. The minimum absolute atomic E-state index is 0.0121. The highest BCUT2D eigenvalue weighted by Crippen LogP contribution is 2.43. The second-order valence-electron chi connectivity index (χ2n) is 11.2. The summed E-state index contributed by atoms with van der Waals surface area (Å²) < 4.78 is 28.5. The average Bonchev–Trinajstić information content (AvgIpc) is 3.30. The van der Waals surface area contributed by atoms with Gasteiger partial charge in [-0.1, -0.05) is 29.8 Å². The summed E-state index contributed by atoms with van der Waals surface area (Å²) in [7, 11) is 0. The van der Waals surface area contributed by atoms with Crippen molar-refractivity contribution in [3.8, 4) is 5.75 Å². The predicted octanol–water partition coefficient (Wildman–Crippen LogP) is 5.64. The Morgan fingerprint density at radius 3 is 2.67 bits per heavy atom. The Balaban J connectivity index is 1.05. The number of piperidine rings is 1. The van der Waals surface area contributed by atoms with Gasteiger partial charge in [0.25, 0.3) is 0 Å². The van der Waals surface area contributed by atoms with Crippen LogP contribution in [0.15, 0.2) is 48.5 Å². The van der Waals surface area contributed by atoms with Gasteiger partial charge in [0.05, 0.1) is 30.9 Å². The van der Waals surface area contributed by atoms with E-state index in [0.29, 0.717) is 47.4 Å². The van der Waals surface area contributed by atoms with Crippen LogP contribution in [0.2, 0.25) is 5.02 Å². The number of fused-ring (bicyclic) bond motifs is 2. The molecule has 42 heavy (non-hydrogen) atoms. The quantitative estimate of drug-likeness (QED) is 0.285. The molecule has 0 spiro atoms. The molecule has 5 heterocycles. The summed E-state index contributed by atoms with van der Waals surface area (Å²) in [5.41, 5.74) is 3.88. The number of pyridine rings is 1. The number of rotatable bonds is 7. The fourth-order valence-electron chi connectivity index (χ4n) is 6.21. The van der Waals surface area contributed by atoms with E-state index in [9.17, 15) is 14.3 Å². The lowest BCUT2D eigenvalue weighted by Gasteiger charge is -2.35. The van der Waals surface area contributed by atoms with Crippen LogP contribution in [0.3, 0.4) is 0 Å². The Labute approximate surface area is 247 Å². The van der Waals surface area contributed by atoms with Crippen molar-refractivity contribution >= 4 is 34.4 Å². The minimum atomic E-state index is -1.05. The number of likely N-dealkylation sites (tertiary alicyclic amines) is 1. The molecule has 2 aromatic carbocycles. The van der Waals surface area contributed by atoms with Gasteiger partial charge in [-0.3, -0.25) is 4.90 Å². The molecule has 9 nitrogen and oxygen atoms in total. The van der Waals surface area contributed by atoms with Gasteiger partial charge in [0, 0.05) is 17.2 Å². The second-order valence-corrected chi connectivity index (χ2v) is 11.6. The zero-order chi connectivity index (χ0) is 28.8. The van der Waals surface area contributed by atoms with E-state index in [2.05, 4.69) is 21.3 Å². The third kappa shape index (κ3) is 5.19. The van der Waals surface area contributed by atoms with E-state index in [1.54, 1.807) is 18.2 Å². The number of para-hydroxylation sites is 1. The van der Waals surface area contributed by atoms with Crippen molar-refractivity contribution < 1.29 is 23.8 Å². The summed E-state index contributed by atoms with van der Waals surface area (Å²) >= 11 is 5.94. The van der Waals surface area contributed by atoms with Crippen molar-refractivity contribution in [2.45, 2.75) is 50.4 Å². The second kappa shape index (κ2) is 11.2. The van der Waals surface area contributed by atoms with Crippen molar-refractivity contribution in [3.05, 3.63) is 82.0 Å². The molecule has 2 saturated heterocycles. The Kier molecular flexibility index (Phi) is 7.21. The zero-order valence-corrected chi connectivity index (χ0v) is 23.7. The smallest absolute Gasteiger partial charge is 0.354 e. The van der Waals surface area contributed by atoms with Crippen LogP contribution < -0.4 is 10.1 Å². The molecule has 0 saturated carbocycles.